The molecule has 2 amide bonds. The van der Waals surface area contributed by atoms with E-state index in [2.05, 4.69) is 10.9 Å². The summed E-state index contributed by atoms with van der Waals surface area (Å²) in [6.07, 6.45) is 1.31. The van der Waals surface area contributed by atoms with E-state index in [9.17, 15) is 14.4 Å². The standard InChI is InChI=1S/C17H18N2O8/c1-23-12-8-14(25-3)13(24-2)7-10(12)17(22)27-9-15(20)18-19-16(21)11-5-4-6-26-11/h4-8H,9H2,1-3H3,(H,18,20)(H,19,21). The quantitative estimate of drug-likeness (QED) is 0.538. The molecule has 0 spiro atoms. The molecule has 0 bridgehead atoms. The molecule has 0 atom stereocenters. The topological polar surface area (TPSA) is 125 Å². The molecule has 0 saturated heterocycles. The highest BCUT2D eigenvalue weighted by atomic mass is 16.5. The van der Waals surface area contributed by atoms with E-state index in [4.69, 9.17) is 23.4 Å². The molecule has 1 heterocycles. The number of carbonyl (C=O) groups excluding carboxylic acids is 3. The van der Waals surface area contributed by atoms with Gasteiger partial charge in [0.05, 0.1) is 27.6 Å². The van der Waals surface area contributed by atoms with Crippen LogP contribution in [0.25, 0.3) is 0 Å². The smallest absolute Gasteiger partial charge is 0.342 e. The molecular formula is C17H18N2O8. The third kappa shape index (κ3) is 4.91. The van der Waals surface area contributed by atoms with Gasteiger partial charge in [-0.1, -0.05) is 0 Å². The maximum atomic E-state index is 12.2. The molecule has 1 aromatic heterocycles. The fourth-order valence-corrected chi connectivity index (χ4v) is 2.03. The molecule has 0 aliphatic carbocycles. The fourth-order valence-electron chi connectivity index (χ4n) is 2.03. The van der Waals surface area contributed by atoms with Gasteiger partial charge in [-0.2, -0.15) is 0 Å². The lowest BCUT2D eigenvalue weighted by molar-refractivity contribution is -0.125. The summed E-state index contributed by atoms with van der Waals surface area (Å²) in [5.41, 5.74) is 4.26. The molecule has 0 saturated carbocycles. The van der Waals surface area contributed by atoms with Crippen molar-refractivity contribution in [3.8, 4) is 17.2 Å². The fraction of sp³-hybridized carbons (Fsp3) is 0.235. The van der Waals surface area contributed by atoms with E-state index in [0.29, 0.717) is 11.5 Å². The SMILES string of the molecule is COc1cc(OC)c(C(=O)OCC(=O)NNC(=O)c2ccco2)cc1OC. The second-order valence-corrected chi connectivity index (χ2v) is 4.96. The van der Waals surface area contributed by atoms with Gasteiger partial charge in [-0.05, 0) is 12.1 Å². The number of ether oxygens (including phenoxy) is 4. The molecule has 2 N–H and O–H groups in total. The zero-order valence-corrected chi connectivity index (χ0v) is 14.9. The van der Waals surface area contributed by atoms with E-state index < -0.39 is 24.4 Å². The number of hydrazine groups is 1. The predicted octanol–water partition coefficient (Wildman–Crippen LogP) is 0.923. The first-order valence-corrected chi connectivity index (χ1v) is 7.60. The summed E-state index contributed by atoms with van der Waals surface area (Å²) in [4.78, 5) is 35.6. The van der Waals surface area contributed by atoms with Crippen LogP contribution in [0.15, 0.2) is 34.9 Å². The number of hydrogen-bond donors (Lipinski definition) is 2. The van der Waals surface area contributed by atoms with E-state index in [0.717, 1.165) is 0 Å². The van der Waals surface area contributed by atoms with E-state index in [1.54, 1.807) is 0 Å². The third-order valence-corrected chi connectivity index (χ3v) is 3.32. The maximum absolute atomic E-state index is 12.2. The second-order valence-electron chi connectivity index (χ2n) is 4.96. The molecule has 0 unspecified atom stereocenters. The number of nitrogens with one attached hydrogen (secondary N) is 2. The lowest BCUT2D eigenvalue weighted by Crippen LogP contribution is -2.43. The Morgan fingerprint density at radius 1 is 0.963 bits per heavy atom. The van der Waals surface area contributed by atoms with Crippen LogP contribution in [-0.4, -0.2) is 45.7 Å². The predicted molar refractivity (Wildman–Crippen MR) is 90.7 cm³/mol. The van der Waals surface area contributed by atoms with Crippen molar-refractivity contribution in [3.05, 3.63) is 41.9 Å². The first-order chi connectivity index (χ1) is 13.0. The first-order valence-electron chi connectivity index (χ1n) is 7.60. The first kappa shape index (κ1) is 19.6. The van der Waals surface area contributed by atoms with Gasteiger partial charge in [0.25, 0.3) is 5.91 Å². The van der Waals surface area contributed by atoms with Gasteiger partial charge in [0.15, 0.2) is 23.9 Å². The Hall–Kier alpha value is -3.69. The Morgan fingerprint density at radius 3 is 2.22 bits per heavy atom. The lowest BCUT2D eigenvalue weighted by atomic mass is 10.1. The van der Waals surface area contributed by atoms with Crippen molar-refractivity contribution in [2.45, 2.75) is 0 Å². The van der Waals surface area contributed by atoms with Crippen LogP contribution in [0, 0.1) is 0 Å². The summed E-state index contributed by atoms with van der Waals surface area (Å²) in [5, 5.41) is 0. The highest BCUT2D eigenvalue weighted by Crippen LogP contribution is 2.34. The molecule has 2 aromatic rings. The Labute approximate surface area is 154 Å². The van der Waals surface area contributed by atoms with E-state index >= 15 is 0 Å². The van der Waals surface area contributed by atoms with Crippen LogP contribution >= 0.6 is 0 Å². The van der Waals surface area contributed by atoms with Crippen molar-refractivity contribution in [2.24, 2.45) is 0 Å². The Bertz CT molecular complexity index is 817. The van der Waals surface area contributed by atoms with Crippen LogP contribution in [0.5, 0.6) is 17.2 Å². The number of benzene rings is 1. The van der Waals surface area contributed by atoms with Crippen LogP contribution in [0.4, 0.5) is 0 Å². The van der Waals surface area contributed by atoms with Gasteiger partial charge in [0.2, 0.25) is 0 Å². The lowest BCUT2D eigenvalue weighted by Gasteiger charge is -2.13. The molecule has 0 aliphatic heterocycles. The number of rotatable bonds is 7. The summed E-state index contributed by atoms with van der Waals surface area (Å²) in [6, 6.07) is 5.77. The molecule has 27 heavy (non-hydrogen) atoms. The zero-order valence-electron chi connectivity index (χ0n) is 14.9. The van der Waals surface area contributed by atoms with Gasteiger partial charge in [-0.25, -0.2) is 4.79 Å². The van der Waals surface area contributed by atoms with Gasteiger partial charge in [-0.3, -0.25) is 20.4 Å². The number of methoxy groups -OCH3 is 3. The molecule has 10 heteroatoms. The third-order valence-electron chi connectivity index (χ3n) is 3.32. The van der Waals surface area contributed by atoms with Crippen LogP contribution < -0.4 is 25.1 Å². The van der Waals surface area contributed by atoms with Crippen molar-refractivity contribution < 1.29 is 37.7 Å². The molecule has 0 radical (unpaired) electrons. The van der Waals surface area contributed by atoms with Crippen LogP contribution in [0.3, 0.4) is 0 Å². The zero-order chi connectivity index (χ0) is 19.8. The second kappa shape index (κ2) is 9.13. The van der Waals surface area contributed by atoms with Gasteiger partial charge in [-0.15, -0.1) is 0 Å². The molecular weight excluding hydrogens is 360 g/mol. The largest absolute Gasteiger partial charge is 0.496 e. The van der Waals surface area contributed by atoms with Crippen LogP contribution in [0.2, 0.25) is 0 Å². The van der Waals surface area contributed by atoms with Gasteiger partial charge in [0, 0.05) is 12.1 Å². The van der Waals surface area contributed by atoms with Crippen molar-refractivity contribution in [1.29, 1.82) is 0 Å². The summed E-state index contributed by atoms with van der Waals surface area (Å²) in [7, 11) is 4.22. The van der Waals surface area contributed by atoms with Crippen molar-refractivity contribution in [3.63, 3.8) is 0 Å². The molecule has 144 valence electrons. The van der Waals surface area contributed by atoms with Gasteiger partial charge in [0.1, 0.15) is 11.3 Å². The average Bonchev–Trinajstić information content (AvgIpc) is 3.23. The molecule has 0 aliphatic rings. The summed E-state index contributed by atoms with van der Waals surface area (Å²) in [5.74, 6) is -1.36. The van der Waals surface area contributed by atoms with Crippen molar-refractivity contribution in [2.75, 3.05) is 27.9 Å². The molecule has 10 nitrogen and oxygen atoms in total. The number of carbonyl (C=O) groups is 3. The monoisotopic (exact) mass is 378 g/mol. The normalized spacial score (nSPS) is 9.89. The van der Waals surface area contributed by atoms with Gasteiger partial charge < -0.3 is 23.4 Å². The highest BCUT2D eigenvalue weighted by molar-refractivity contribution is 5.96. The molecule has 1 aromatic carbocycles. The minimum absolute atomic E-state index is 0.0161. The van der Waals surface area contributed by atoms with Crippen molar-refractivity contribution in [1.82, 2.24) is 10.9 Å². The Morgan fingerprint density at radius 2 is 1.63 bits per heavy atom. The van der Waals surface area contributed by atoms with Gasteiger partial charge >= 0.3 is 11.9 Å². The summed E-state index contributed by atoms with van der Waals surface area (Å²) >= 11 is 0. The van der Waals surface area contributed by atoms with Crippen LogP contribution in [-0.2, 0) is 9.53 Å². The highest BCUT2D eigenvalue weighted by Gasteiger charge is 2.20. The number of amides is 2. The molecule has 2 rings (SSSR count). The minimum atomic E-state index is -0.819. The number of hydrogen-bond acceptors (Lipinski definition) is 8. The number of furan rings is 1. The maximum Gasteiger partial charge on any atom is 0.342 e. The summed E-state index contributed by atoms with van der Waals surface area (Å²) in [6.45, 7) is -0.630. The van der Waals surface area contributed by atoms with E-state index in [1.165, 1.54) is 51.9 Å². The summed E-state index contributed by atoms with van der Waals surface area (Å²) < 4.78 is 25.2. The van der Waals surface area contributed by atoms with E-state index in [-0.39, 0.29) is 17.1 Å². The minimum Gasteiger partial charge on any atom is -0.496 e. The average molecular weight is 378 g/mol. The van der Waals surface area contributed by atoms with Crippen LogP contribution in [0.1, 0.15) is 20.9 Å². The Kier molecular flexibility index (Phi) is 6.64. The van der Waals surface area contributed by atoms with Crippen molar-refractivity contribution >= 4 is 17.8 Å². The molecule has 0 fully saturated rings. The van der Waals surface area contributed by atoms with E-state index in [1.807, 2.05) is 0 Å². The number of esters is 1. The Balaban J connectivity index is 1.94.